The van der Waals surface area contributed by atoms with E-state index in [1.807, 2.05) is 6.92 Å². The highest BCUT2D eigenvalue weighted by Crippen LogP contribution is 2.26. The maximum absolute atomic E-state index is 9.56. The third kappa shape index (κ3) is 3.24. The van der Waals surface area contributed by atoms with Crippen molar-refractivity contribution >= 4 is 22.8 Å². The van der Waals surface area contributed by atoms with E-state index < -0.39 is 0 Å². The van der Waals surface area contributed by atoms with Crippen LogP contribution in [0.2, 0.25) is 0 Å². The van der Waals surface area contributed by atoms with E-state index >= 15 is 0 Å². The van der Waals surface area contributed by atoms with Crippen molar-refractivity contribution in [1.29, 1.82) is 0 Å². The van der Waals surface area contributed by atoms with E-state index in [-0.39, 0.29) is 6.10 Å². The molecule has 0 amide bonds. The maximum Gasteiger partial charge on any atom is 0.226 e. The zero-order chi connectivity index (χ0) is 14.7. The molecular formula is C14H22N6O. The standard InChI is InChI=1S/C14H22N6O/c1-2-15-14-18-12(11-8-17-20-13(11)19-14)16-7-9-3-5-10(21)6-4-9/h8-10,21H,2-7H2,1H3,(H3,15,16,17,18,19,20). The van der Waals surface area contributed by atoms with Gasteiger partial charge in [-0.3, -0.25) is 5.10 Å². The summed E-state index contributed by atoms with van der Waals surface area (Å²) in [5.74, 6) is 2.01. The minimum Gasteiger partial charge on any atom is -0.393 e. The number of nitrogens with zero attached hydrogens (tertiary/aromatic N) is 3. The fourth-order valence-corrected chi connectivity index (χ4v) is 2.80. The topological polar surface area (TPSA) is 98.8 Å². The van der Waals surface area contributed by atoms with E-state index in [9.17, 15) is 5.11 Å². The minimum absolute atomic E-state index is 0.110. The van der Waals surface area contributed by atoms with E-state index in [1.54, 1.807) is 6.20 Å². The van der Waals surface area contributed by atoms with Gasteiger partial charge in [0.2, 0.25) is 5.95 Å². The highest BCUT2D eigenvalue weighted by molar-refractivity contribution is 5.86. The van der Waals surface area contributed by atoms with Crippen LogP contribution in [-0.4, -0.2) is 44.5 Å². The van der Waals surface area contributed by atoms with Gasteiger partial charge in [0, 0.05) is 13.1 Å². The van der Waals surface area contributed by atoms with Crippen molar-refractivity contribution in [1.82, 2.24) is 20.2 Å². The largest absolute Gasteiger partial charge is 0.393 e. The molecule has 0 radical (unpaired) electrons. The number of fused-ring (bicyclic) bond motifs is 1. The Morgan fingerprint density at radius 1 is 1.24 bits per heavy atom. The fourth-order valence-electron chi connectivity index (χ4n) is 2.80. The zero-order valence-electron chi connectivity index (χ0n) is 12.3. The molecular weight excluding hydrogens is 268 g/mol. The van der Waals surface area contributed by atoms with Gasteiger partial charge in [0.05, 0.1) is 17.7 Å². The van der Waals surface area contributed by atoms with Crippen LogP contribution in [0.25, 0.3) is 11.0 Å². The first-order chi connectivity index (χ1) is 10.3. The number of H-pyrrole nitrogens is 1. The van der Waals surface area contributed by atoms with Gasteiger partial charge in [-0.2, -0.15) is 15.1 Å². The van der Waals surface area contributed by atoms with Gasteiger partial charge in [-0.15, -0.1) is 0 Å². The average Bonchev–Trinajstić information content (AvgIpc) is 2.95. The van der Waals surface area contributed by atoms with Crippen molar-refractivity contribution in [2.45, 2.75) is 38.7 Å². The molecule has 0 bridgehead atoms. The van der Waals surface area contributed by atoms with Gasteiger partial charge in [-0.05, 0) is 38.5 Å². The van der Waals surface area contributed by atoms with Crippen LogP contribution in [0.5, 0.6) is 0 Å². The smallest absolute Gasteiger partial charge is 0.226 e. The molecule has 0 spiro atoms. The number of aromatic amines is 1. The molecule has 7 heteroatoms. The number of aromatic nitrogens is 4. The number of hydrogen-bond donors (Lipinski definition) is 4. The van der Waals surface area contributed by atoms with Gasteiger partial charge in [0.1, 0.15) is 5.82 Å². The number of hydrogen-bond acceptors (Lipinski definition) is 6. The molecule has 4 N–H and O–H groups in total. The van der Waals surface area contributed by atoms with Gasteiger partial charge < -0.3 is 15.7 Å². The molecule has 3 rings (SSSR count). The molecule has 2 aromatic rings. The molecule has 1 aliphatic carbocycles. The molecule has 1 fully saturated rings. The van der Waals surface area contributed by atoms with Gasteiger partial charge in [-0.25, -0.2) is 0 Å². The molecule has 0 aliphatic heterocycles. The van der Waals surface area contributed by atoms with Crippen LogP contribution in [-0.2, 0) is 0 Å². The monoisotopic (exact) mass is 290 g/mol. The highest BCUT2D eigenvalue weighted by Gasteiger charge is 2.19. The minimum atomic E-state index is -0.110. The van der Waals surface area contributed by atoms with Gasteiger partial charge in [0.15, 0.2) is 5.65 Å². The summed E-state index contributed by atoms with van der Waals surface area (Å²) in [6, 6.07) is 0. The Bertz CT molecular complexity index is 590. The average molecular weight is 290 g/mol. The van der Waals surface area contributed by atoms with Crippen LogP contribution < -0.4 is 10.6 Å². The molecule has 7 nitrogen and oxygen atoms in total. The first kappa shape index (κ1) is 14.1. The van der Waals surface area contributed by atoms with Crippen LogP contribution in [0.3, 0.4) is 0 Å². The summed E-state index contributed by atoms with van der Waals surface area (Å²) in [5, 5.41) is 24.0. The van der Waals surface area contributed by atoms with Crippen molar-refractivity contribution in [2.24, 2.45) is 5.92 Å². The summed E-state index contributed by atoms with van der Waals surface area (Å²) >= 11 is 0. The van der Waals surface area contributed by atoms with E-state index in [0.717, 1.165) is 55.6 Å². The summed E-state index contributed by atoms with van der Waals surface area (Å²) in [6.07, 6.45) is 5.57. The third-order valence-corrected chi connectivity index (χ3v) is 4.02. The Balaban J connectivity index is 1.71. The van der Waals surface area contributed by atoms with E-state index in [0.29, 0.717) is 11.9 Å². The zero-order valence-corrected chi connectivity index (χ0v) is 12.3. The van der Waals surface area contributed by atoms with E-state index in [2.05, 4.69) is 30.8 Å². The summed E-state index contributed by atoms with van der Waals surface area (Å²) in [7, 11) is 0. The van der Waals surface area contributed by atoms with Crippen LogP contribution in [0, 0.1) is 5.92 Å². The second-order valence-electron chi connectivity index (χ2n) is 5.61. The number of aliphatic hydroxyl groups is 1. The number of rotatable bonds is 5. The Labute approximate surface area is 123 Å². The van der Waals surface area contributed by atoms with Crippen LogP contribution >= 0.6 is 0 Å². The van der Waals surface area contributed by atoms with Crippen molar-refractivity contribution in [3.8, 4) is 0 Å². The summed E-state index contributed by atoms with van der Waals surface area (Å²) in [4.78, 5) is 8.90. The lowest BCUT2D eigenvalue weighted by Gasteiger charge is -2.25. The van der Waals surface area contributed by atoms with Gasteiger partial charge in [0.25, 0.3) is 0 Å². The maximum atomic E-state index is 9.56. The van der Waals surface area contributed by atoms with Crippen LogP contribution in [0.1, 0.15) is 32.6 Å². The quantitative estimate of drug-likeness (QED) is 0.669. The molecule has 1 saturated carbocycles. The number of nitrogens with one attached hydrogen (secondary N) is 3. The molecule has 21 heavy (non-hydrogen) atoms. The third-order valence-electron chi connectivity index (χ3n) is 4.02. The lowest BCUT2D eigenvalue weighted by Crippen LogP contribution is -2.24. The number of aliphatic hydroxyl groups excluding tert-OH is 1. The summed E-state index contributed by atoms with van der Waals surface area (Å²) in [6.45, 7) is 3.66. The highest BCUT2D eigenvalue weighted by atomic mass is 16.3. The van der Waals surface area contributed by atoms with E-state index in [1.165, 1.54) is 0 Å². The Morgan fingerprint density at radius 3 is 2.81 bits per heavy atom. The molecule has 0 atom stereocenters. The Kier molecular flexibility index (Phi) is 4.19. The first-order valence-corrected chi connectivity index (χ1v) is 7.63. The second kappa shape index (κ2) is 6.26. The van der Waals surface area contributed by atoms with Gasteiger partial charge in [-0.1, -0.05) is 0 Å². The van der Waals surface area contributed by atoms with Crippen molar-refractivity contribution < 1.29 is 5.11 Å². The Hall–Kier alpha value is -1.89. The normalized spacial score (nSPS) is 22.4. The van der Waals surface area contributed by atoms with Crippen molar-refractivity contribution in [3.05, 3.63) is 6.20 Å². The second-order valence-corrected chi connectivity index (χ2v) is 5.61. The lowest BCUT2D eigenvalue weighted by atomic mass is 9.87. The SMILES string of the molecule is CCNc1nc(NCC2CCC(O)CC2)c2cn[nH]c2n1. The predicted octanol–water partition coefficient (Wildman–Crippen LogP) is 1.75. The Morgan fingerprint density at radius 2 is 2.05 bits per heavy atom. The first-order valence-electron chi connectivity index (χ1n) is 7.63. The van der Waals surface area contributed by atoms with E-state index in [4.69, 9.17) is 0 Å². The fraction of sp³-hybridized carbons (Fsp3) is 0.643. The summed E-state index contributed by atoms with van der Waals surface area (Å²) in [5.41, 5.74) is 0.738. The summed E-state index contributed by atoms with van der Waals surface area (Å²) < 4.78 is 0. The molecule has 114 valence electrons. The molecule has 0 unspecified atom stereocenters. The molecule has 2 aromatic heterocycles. The molecule has 1 aliphatic rings. The molecule has 2 heterocycles. The predicted molar refractivity (Wildman–Crippen MR) is 82.3 cm³/mol. The molecule has 0 aromatic carbocycles. The van der Waals surface area contributed by atoms with Crippen molar-refractivity contribution in [2.75, 3.05) is 23.7 Å². The van der Waals surface area contributed by atoms with Gasteiger partial charge >= 0.3 is 0 Å². The molecule has 0 saturated heterocycles. The van der Waals surface area contributed by atoms with Crippen LogP contribution in [0.15, 0.2) is 6.20 Å². The lowest BCUT2D eigenvalue weighted by molar-refractivity contribution is 0.111. The van der Waals surface area contributed by atoms with Crippen molar-refractivity contribution in [3.63, 3.8) is 0 Å². The van der Waals surface area contributed by atoms with Crippen LogP contribution in [0.4, 0.5) is 11.8 Å². The number of anilines is 2.